The molecule has 1 N–H and O–H groups in total. The fourth-order valence-electron chi connectivity index (χ4n) is 2.09. The van der Waals surface area contributed by atoms with Crippen LogP contribution >= 0.6 is 0 Å². The minimum absolute atomic E-state index is 0.106. The number of rotatable bonds is 6. The van der Waals surface area contributed by atoms with Crippen molar-refractivity contribution in [1.29, 1.82) is 0 Å². The Bertz CT molecular complexity index is 432. The molecule has 1 aromatic rings. The first kappa shape index (κ1) is 13.7. The van der Waals surface area contributed by atoms with Crippen molar-refractivity contribution in [3.05, 3.63) is 12.4 Å². The van der Waals surface area contributed by atoms with Crippen LogP contribution in [0, 0.1) is 0 Å². The average Bonchev–Trinajstić information content (AvgIpc) is 2.89. The molecule has 1 aliphatic heterocycles. The van der Waals surface area contributed by atoms with Crippen LogP contribution < -0.4 is 10.2 Å². The summed E-state index contributed by atoms with van der Waals surface area (Å²) in [4.78, 5) is 21.2. The summed E-state index contributed by atoms with van der Waals surface area (Å²) in [6, 6.07) is 1.85. The highest BCUT2D eigenvalue weighted by Crippen LogP contribution is 2.15. The second-order valence-electron chi connectivity index (χ2n) is 4.84. The molecular formula is C13H20N4O2. The summed E-state index contributed by atoms with van der Waals surface area (Å²) in [5, 5.41) is 3.25. The zero-order chi connectivity index (χ0) is 13.7. The monoisotopic (exact) mass is 264 g/mol. The summed E-state index contributed by atoms with van der Waals surface area (Å²) < 4.78 is 5.54. The number of Topliss-reactive ketones (excluding diaryl/α,β-unsaturated/α-hetero) is 1. The number of ketones is 1. The lowest BCUT2D eigenvalue weighted by Crippen LogP contribution is -2.25. The molecule has 1 fully saturated rings. The van der Waals surface area contributed by atoms with Gasteiger partial charge >= 0.3 is 0 Å². The van der Waals surface area contributed by atoms with Gasteiger partial charge in [0, 0.05) is 26.3 Å². The summed E-state index contributed by atoms with van der Waals surface area (Å²) in [6.07, 6.45) is 4.00. The summed E-state index contributed by atoms with van der Waals surface area (Å²) in [7, 11) is 1.84. The Morgan fingerprint density at radius 2 is 2.42 bits per heavy atom. The Balaban J connectivity index is 1.92. The second-order valence-corrected chi connectivity index (χ2v) is 4.84. The van der Waals surface area contributed by atoms with Crippen LogP contribution in [-0.2, 0) is 9.53 Å². The highest BCUT2D eigenvalue weighted by atomic mass is 16.5. The molecule has 0 aliphatic carbocycles. The van der Waals surface area contributed by atoms with Crippen molar-refractivity contribution in [2.24, 2.45) is 0 Å². The third-order valence-electron chi connectivity index (χ3n) is 3.04. The Labute approximate surface area is 113 Å². The second kappa shape index (κ2) is 6.47. The van der Waals surface area contributed by atoms with Gasteiger partial charge in [-0.05, 0) is 19.8 Å². The molecule has 2 rings (SSSR count). The lowest BCUT2D eigenvalue weighted by atomic mass is 10.2. The summed E-state index contributed by atoms with van der Waals surface area (Å²) >= 11 is 0. The number of nitrogens with zero attached hydrogens (tertiary/aromatic N) is 3. The van der Waals surface area contributed by atoms with Gasteiger partial charge in [-0.1, -0.05) is 0 Å². The van der Waals surface area contributed by atoms with E-state index >= 15 is 0 Å². The summed E-state index contributed by atoms with van der Waals surface area (Å²) in [6.45, 7) is 3.52. The molecule has 0 aromatic carbocycles. The molecule has 104 valence electrons. The third-order valence-corrected chi connectivity index (χ3v) is 3.04. The minimum Gasteiger partial charge on any atom is -0.376 e. The Hall–Kier alpha value is -1.69. The molecule has 2 heterocycles. The minimum atomic E-state index is 0.106. The molecule has 6 nitrogen and oxygen atoms in total. The van der Waals surface area contributed by atoms with Crippen LogP contribution in [0.3, 0.4) is 0 Å². The number of hydrogen-bond acceptors (Lipinski definition) is 6. The first-order chi connectivity index (χ1) is 9.15. The van der Waals surface area contributed by atoms with Crippen molar-refractivity contribution in [3.63, 3.8) is 0 Å². The zero-order valence-corrected chi connectivity index (χ0v) is 11.4. The van der Waals surface area contributed by atoms with E-state index in [4.69, 9.17) is 4.74 Å². The lowest BCUT2D eigenvalue weighted by Gasteiger charge is -2.17. The van der Waals surface area contributed by atoms with Gasteiger partial charge in [-0.15, -0.1) is 0 Å². The molecule has 1 atom stereocenters. The lowest BCUT2D eigenvalue weighted by molar-refractivity contribution is -0.115. The molecule has 0 spiro atoms. The highest BCUT2D eigenvalue weighted by molar-refractivity contribution is 5.80. The molecule has 1 aliphatic rings. The Morgan fingerprint density at radius 3 is 3.11 bits per heavy atom. The van der Waals surface area contributed by atoms with Crippen LogP contribution in [0.1, 0.15) is 19.8 Å². The van der Waals surface area contributed by atoms with Gasteiger partial charge in [0.15, 0.2) is 0 Å². The quantitative estimate of drug-likeness (QED) is 0.829. The van der Waals surface area contributed by atoms with Crippen LogP contribution in [0.5, 0.6) is 0 Å². The number of hydrogen-bond donors (Lipinski definition) is 1. The number of anilines is 2. The third kappa shape index (κ3) is 4.17. The van der Waals surface area contributed by atoms with E-state index in [1.807, 2.05) is 13.1 Å². The van der Waals surface area contributed by atoms with Crippen LogP contribution in [0.25, 0.3) is 0 Å². The van der Waals surface area contributed by atoms with Crippen LogP contribution in [0.15, 0.2) is 12.4 Å². The van der Waals surface area contributed by atoms with Crippen LogP contribution in [0.4, 0.5) is 11.6 Å². The number of ether oxygens (including phenoxy) is 1. The molecule has 0 saturated carbocycles. The van der Waals surface area contributed by atoms with Gasteiger partial charge in [-0.2, -0.15) is 0 Å². The topological polar surface area (TPSA) is 67.4 Å². The van der Waals surface area contributed by atoms with E-state index in [0.717, 1.165) is 37.6 Å². The number of carbonyl (C=O) groups is 1. The average molecular weight is 264 g/mol. The van der Waals surface area contributed by atoms with Crippen molar-refractivity contribution >= 4 is 17.4 Å². The van der Waals surface area contributed by atoms with Crippen molar-refractivity contribution in [3.8, 4) is 0 Å². The first-order valence-corrected chi connectivity index (χ1v) is 6.53. The first-order valence-electron chi connectivity index (χ1n) is 6.53. The van der Waals surface area contributed by atoms with Crippen molar-refractivity contribution < 1.29 is 9.53 Å². The van der Waals surface area contributed by atoms with E-state index in [-0.39, 0.29) is 11.9 Å². The van der Waals surface area contributed by atoms with Gasteiger partial charge in [-0.25, -0.2) is 9.97 Å². The molecule has 0 bridgehead atoms. The molecule has 19 heavy (non-hydrogen) atoms. The van der Waals surface area contributed by atoms with Gasteiger partial charge in [0.25, 0.3) is 0 Å². The van der Waals surface area contributed by atoms with Crippen LogP contribution in [0.2, 0.25) is 0 Å². The molecule has 1 unspecified atom stereocenters. The molecule has 0 amide bonds. The SMILES string of the molecule is CC(=O)CN(C)c1cc(NCC2CCCO2)ncn1. The van der Waals surface area contributed by atoms with Crippen molar-refractivity contribution in [2.75, 3.05) is 37.0 Å². The van der Waals surface area contributed by atoms with E-state index in [0.29, 0.717) is 6.54 Å². The standard InChI is InChI=1S/C13H20N4O2/c1-10(18)8-17(2)13-6-12(15-9-16-13)14-7-11-4-3-5-19-11/h6,9,11H,3-5,7-8H2,1-2H3,(H,14,15,16). The number of nitrogens with one attached hydrogen (secondary N) is 1. The smallest absolute Gasteiger partial charge is 0.149 e. The number of likely N-dealkylation sites (N-methyl/N-ethyl adjacent to an activating group) is 1. The molecule has 1 saturated heterocycles. The fourth-order valence-corrected chi connectivity index (χ4v) is 2.09. The Morgan fingerprint density at radius 1 is 1.58 bits per heavy atom. The van der Waals surface area contributed by atoms with Gasteiger partial charge in [-0.3, -0.25) is 4.79 Å². The van der Waals surface area contributed by atoms with Gasteiger partial charge in [0.1, 0.15) is 23.7 Å². The maximum atomic E-state index is 11.1. The largest absolute Gasteiger partial charge is 0.376 e. The van der Waals surface area contributed by atoms with Gasteiger partial charge < -0.3 is 15.0 Å². The van der Waals surface area contributed by atoms with Gasteiger partial charge in [0.05, 0.1) is 12.6 Å². The maximum absolute atomic E-state index is 11.1. The summed E-state index contributed by atoms with van der Waals surface area (Å²) in [5.74, 6) is 1.60. The van der Waals surface area contributed by atoms with E-state index in [1.165, 1.54) is 6.33 Å². The van der Waals surface area contributed by atoms with Crippen LogP contribution in [-0.4, -0.2) is 48.6 Å². The Kier molecular flexibility index (Phi) is 4.68. The predicted octanol–water partition coefficient (Wildman–Crippen LogP) is 1.09. The fraction of sp³-hybridized carbons (Fsp3) is 0.615. The van der Waals surface area contributed by atoms with E-state index in [2.05, 4.69) is 15.3 Å². The summed E-state index contributed by atoms with van der Waals surface area (Å²) in [5.41, 5.74) is 0. The molecule has 0 radical (unpaired) electrons. The van der Waals surface area contributed by atoms with Gasteiger partial charge in [0.2, 0.25) is 0 Å². The van der Waals surface area contributed by atoms with Crippen molar-refractivity contribution in [1.82, 2.24) is 9.97 Å². The normalized spacial score (nSPS) is 18.3. The van der Waals surface area contributed by atoms with E-state index in [9.17, 15) is 4.79 Å². The molecule has 1 aromatic heterocycles. The number of carbonyl (C=O) groups excluding carboxylic acids is 1. The maximum Gasteiger partial charge on any atom is 0.149 e. The van der Waals surface area contributed by atoms with E-state index in [1.54, 1.807) is 11.8 Å². The molecular weight excluding hydrogens is 244 g/mol. The zero-order valence-electron chi connectivity index (χ0n) is 11.4. The predicted molar refractivity (Wildman–Crippen MR) is 73.4 cm³/mol. The van der Waals surface area contributed by atoms with Crippen molar-refractivity contribution in [2.45, 2.75) is 25.9 Å². The molecule has 6 heteroatoms. The number of aromatic nitrogens is 2. The van der Waals surface area contributed by atoms with E-state index < -0.39 is 0 Å². The highest BCUT2D eigenvalue weighted by Gasteiger charge is 2.15.